The molecular weight excluding hydrogens is 367 g/mol. The predicted octanol–water partition coefficient (Wildman–Crippen LogP) is 2.18. The summed E-state index contributed by atoms with van der Waals surface area (Å²) in [7, 11) is 1.58. The molecule has 3 aliphatic rings. The fourth-order valence-electron chi connectivity index (χ4n) is 4.27. The molecule has 0 spiro atoms. The van der Waals surface area contributed by atoms with Crippen molar-refractivity contribution in [1.82, 2.24) is 4.90 Å². The molecule has 1 aliphatic carbocycles. The number of carboxylic acids is 1. The number of aliphatic carboxylic acids is 1. The monoisotopic (exact) mass is 387 g/mol. The first kappa shape index (κ1) is 19.5. The van der Waals surface area contributed by atoms with Crippen LogP contribution in [0.3, 0.4) is 0 Å². The van der Waals surface area contributed by atoms with E-state index in [1.807, 2.05) is 18.2 Å². The molecule has 1 saturated heterocycles. The van der Waals surface area contributed by atoms with E-state index in [1.165, 1.54) is 11.1 Å². The van der Waals surface area contributed by atoms with E-state index in [0.717, 1.165) is 25.9 Å². The lowest BCUT2D eigenvalue weighted by atomic mass is 9.66. The van der Waals surface area contributed by atoms with Crippen LogP contribution in [0.1, 0.15) is 24.0 Å². The van der Waals surface area contributed by atoms with Gasteiger partial charge in [0.15, 0.2) is 11.5 Å². The fraction of sp³-hybridized carbons (Fsp3) is 0.500. The number of methoxy groups -OCH3 is 1. The van der Waals surface area contributed by atoms with Gasteiger partial charge in [0.2, 0.25) is 0 Å². The highest BCUT2D eigenvalue weighted by molar-refractivity contribution is 5.73. The van der Waals surface area contributed by atoms with Gasteiger partial charge < -0.3 is 20.1 Å². The molecule has 0 saturated carbocycles. The zero-order valence-corrected chi connectivity index (χ0v) is 14.5. The lowest BCUT2D eigenvalue weighted by Gasteiger charge is -2.45. The number of hydrogen-bond donors (Lipinski definition) is 3. The average Bonchev–Trinajstić information content (AvgIpc) is 2.86. The molecular formula is C18H20F3NO5. The zero-order valence-electron chi connectivity index (χ0n) is 14.5. The van der Waals surface area contributed by atoms with Crippen LogP contribution in [0.5, 0.6) is 11.5 Å². The normalized spacial score (nSPS) is 30.6. The Hall–Kier alpha value is -2.26. The molecule has 2 aliphatic heterocycles. The lowest BCUT2D eigenvalue weighted by molar-refractivity contribution is -0.192. The van der Waals surface area contributed by atoms with Crippen molar-refractivity contribution in [3.05, 3.63) is 35.4 Å². The number of phenolic OH excluding ortho intramolecular Hbond substituents is 1. The Morgan fingerprint density at radius 1 is 1.37 bits per heavy atom. The smallest absolute Gasteiger partial charge is 0.490 e. The van der Waals surface area contributed by atoms with Gasteiger partial charge in [0.25, 0.3) is 0 Å². The topological polar surface area (TPSA) is 90.2 Å². The number of ether oxygens (including phenoxy) is 1. The van der Waals surface area contributed by atoms with Crippen molar-refractivity contribution < 1.29 is 38.0 Å². The second kappa shape index (κ2) is 6.72. The first-order chi connectivity index (χ1) is 12.6. The van der Waals surface area contributed by atoms with Gasteiger partial charge in [-0.3, -0.25) is 4.90 Å². The Morgan fingerprint density at radius 3 is 2.63 bits per heavy atom. The molecule has 2 heterocycles. The highest BCUT2D eigenvalue weighted by atomic mass is 19.4. The van der Waals surface area contributed by atoms with Crippen LogP contribution in [-0.4, -0.2) is 58.2 Å². The number of carbonyl (C=O) groups is 1. The number of nitrogens with zero attached hydrogens (tertiary/aromatic N) is 1. The highest BCUT2D eigenvalue weighted by Gasteiger charge is 2.52. The largest absolute Gasteiger partial charge is 0.504 e. The molecule has 1 fully saturated rings. The summed E-state index contributed by atoms with van der Waals surface area (Å²) in [5.41, 5.74) is 2.42. The van der Waals surface area contributed by atoms with Gasteiger partial charge in [-0.2, -0.15) is 13.2 Å². The van der Waals surface area contributed by atoms with Crippen molar-refractivity contribution in [3.8, 4) is 11.5 Å². The van der Waals surface area contributed by atoms with Gasteiger partial charge in [-0.15, -0.1) is 0 Å². The van der Waals surface area contributed by atoms with Gasteiger partial charge in [-0.05, 0) is 36.1 Å². The van der Waals surface area contributed by atoms with Crippen LogP contribution in [0.15, 0.2) is 24.3 Å². The molecule has 0 aromatic heterocycles. The molecule has 3 N–H and O–H groups in total. The maximum absolute atomic E-state index is 10.6. The maximum Gasteiger partial charge on any atom is 0.490 e. The Bertz CT molecular complexity index is 779. The van der Waals surface area contributed by atoms with E-state index in [9.17, 15) is 23.4 Å². The van der Waals surface area contributed by atoms with Crippen LogP contribution >= 0.6 is 0 Å². The number of phenols is 1. The Labute approximate surface area is 153 Å². The van der Waals surface area contributed by atoms with Crippen molar-refractivity contribution in [2.45, 2.75) is 43.1 Å². The van der Waals surface area contributed by atoms with E-state index in [2.05, 4.69) is 11.0 Å². The first-order valence-electron chi connectivity index (χ1n) is 8.40. The molecule has 148 valence electrons. The van der Waals surface area contributed by atoms with E-state index in [4.69, 9.17) is 14.6 Å². The van der Waals surface area contributed by atoms with E-state index in [0.29, 0.717) is 11.8 Å². The Kier molecular flexibility index (Phi) is 4.85. The van der Waals surface area contributed by atoms with Gasteiger partial charge in [0.05, 0.1) is 13.2 Å². The van der Waals surface area contributed by atoms with Crippen LogP contribution in [-0.2, 0) is 16.8 Å². The summed E-state index contributed by atoms with van der Waals surface area (Å²) < 4.78 is 37.0. The quantitative estimate of drug-likeness (QED) is 0.640. The molecule has 2 bridgehead atoms. The number of aliphatic hydroxyl groups excluding tert-OH is 1. The number of fused-ring (bicyclic) bond motifs is 1. The molecule has 1 unspecified atom stereocenters. The summed E-state index contributed by atoms with van der Waals surface area (Å²) in [6, 6.07) is 4.19. The minimum absolute atomic E-state index is 0.0200. The van der Waals surface area contributed by atoms with E-state index in [-0.39, 0.29) is 17.3 Å². The number of carboxylic acid groups (broad SMARTS) is 1. The van der Waals surface area contributed by atoms with Crippen LogP contribution in [0.4, 0.5) is 13.2 Å². The summed E-state index contributed by atoms with van der Waals surface area (Å²) in [4.78, 5) is 11.3. The number of halogens is 3. The average molecular weight is 387 g/mol. The van der Waals surface area contributed by atoms with Crippen LogP contribution < -0.4 is 4.74 Å². The van der Waals surface area contributed by atoms with Gasteiger partial charge in [0.1, 0.15) is 0 Å². The zero-order chi connectivity index (χ0) is 20.0. The number of aromatic hydroxyl groups is 1. The predicted molar refractivity (Wildman–Crippen MR) is 88.6 cm³/mol. The minimum atomic E-state index is -5.08. The van der Waals surface area contributed by atoms with Crippen molar-refractivity contribution in [2.75, 3.05) is 13.7 Å². The number of benzene rings is 1. The van der Waals surface area contributed by atoms with Gasteiger partial charge in [-0.1, -0.05) is 12.2 Å². The molecule has 9 heteroatoms. The SMILES string of the molecule is COc1cc2c(cc1O)CN1CC[C@@]23C=C[C@@H](O)C[C@H]13.O=C(O)C(F)(F)F. The number of hydrogen-bond acceptors (Lipinski definition) is 5. The molecule has 6 nitrogen and oxygen atoms in total. The third kappa shape index (κ3) is 3.37. The summed E-state index contributed by atoms with van der Waals surface area (Å²) >= 11 is 0. The van der Waals surface area contributed by atoms with Crippen LogP contribution in [0.25, 0.3) is 0 Å². The second-order valence-corrected chi connectivity index (χ2v) is 6.92. The fourth-order valence-corrected chi connectivity index (χ4v) is 4.27. The standard InChI is InChI=1S/C16H19NO3.C2HF3O2/c1-20-14-8-12-10(6-13(14)19)9-17-5-4-16(12)3-2-11(18)7-15(16)17;3-2(4,5)1(6)7/h2-3,6,8,11,15,18-19H,4-5,7,9H2,1H3;(H,6,7)/t11-,15+,16+;/m1./s1. The first-order valence-corrected chi connectivity index (χ1v) is 8.40. The number of alkyl halides is 3. The third-order valence-corrected chi connectivity index (χ3v) is 5.45. The molecule has 0 amide bonds. The van der Waals surface area contributed by atoms with Crippen LogP contribution in [0.2, 0.25) is 0 Å². The lowest BCUT2D eigenvalue weighted by Crippen LogP contribution is -2.49. The Morgan fingerprint density at radius 2 is 2.04 bits per heavy atom. The van der Waals surface area contributed by atoms with E-state index >= 15 is 0 Å². The van der Waals surface area contributed by atoms with Crippen molar-refractivity contribution in [1.29, 1.82) is 0 Å². The van der Waals surface area contributed by atoms with Gasteiger partial charge in [-0.25, -0.2) is 4.79 Å². The second-order valence-electron chi connectivity index (χ2n) is 6.92. The summed E-state index contributed by atoms with van der Waals surface area (Å²) in [6.45, 7) is 1.89. The Balaban J connectivity index is 0.000000260. The highest BCUT2D eigenvalue weighted by Crippen LogP contribution is 2.52. The molecule has 0 radical (unpaired) electrons. The minimum Gasteiger partial charge on any atom is -0.504 e. The molecule has 27 heavy (non-hydrogen) atoms. The molecule has 4 atom stereocenters. The van der Waals surface area contributed by atoms with Crippen LogP contribution in [0, 0.1) is 0 Å². The number of rotatable bonds is 1. The van der Waals surface area contributed by atoms with Crippen molar-refractivity contribution in [2.24, 2.45) is 0 Å². The summed E-state index contributed by atoms with van der Waals surface area (Å²) in [6.07, 6.45) is 0.546. The molecule has 1 aromatic carbocycles. The maximum atomic E-state index is 10.6. The molecule has 4 rings (SSSR count). The van der Waals surface area contributed by atoms with Gasteiger partial charge in [0, 0.05) is 24.5 Å². The van der Waals surface area contributed by atoms with Crippen molar-refractivity contribution >= 4 is 5.97 Å². The molecule has 1 aromatic rings. The van der Waals surface area contributed by atoms with E-state index < -0.39 is 12.1 Å². The summed E-state index contributed by atoms with van der Waals surface area (Å²) in [5, 5.41) is 27.0. The van der Waals surface area contributed by atoms with Crippen molar-refractivity contribution in [3.63, 3.8) is 0 Å². The van der Waals surface area contributed by atoms with Gasteiger partial charge >= 0.3 is 12.1 Å². The number of aliphatic hydroxyl groups is 1. The summed E-state index contributed by atoms with van der Waals surface area (Å²) in [5.74, 6) is -2.01. The third-order valence-electron chi connectivity index (χ3n) is 5.45. The van der Waals surface area contributed by atoms with E-state index in [1.54, 1.807) is 7.11 Å².